The predicted octanol–water partition coefficient (Wildman–Crippen LogP) is 0.775. The van der Waals surface area contributed by atoms with Crippen LogP contribution in [0.2, 0.25) is 0 Å². The molecule has 114 valence electrons. The van der Waals surface area contributed by atoms with Gasteiger partial charge in [0.15, 0.2) is 0 Å². The van der Waals surface area contributed by atoms with Crippen LogP contribution in [0.3, 0.4) is 0 Å². The van der Waals surface area contributed by atoms with E-state index in [1.54, 1.807) is 14.0 Å². The fourth-order valence-electron chi connectivity index (χ4n) is 2.11. The van der Waals surface area contributed by atoms with E-state index in [0.717, 1.165) is 0 Å². The zero-order chi connectivity index (χ0) is 15.6. The first-order chi connectivity index (χ1) is 9.95. The summed E-state index contributed by atoms with van der Waals surface area (Å²) in [6, 6.07) is 3.65. The number of likely N-dealkylation sites (N-methyl/N-ethyl adjacent to an activating group) is 1. The maximum atomic E-state index is 13.9. The van der Waals surface area contributed by atoms with Gasteiger partial charge < -0.3 is 16.0 Å². The average molecular weight is 294 g/mol. The molecule has 2 rings (SSSR count). The van der Waals surface area contributed by atoms with Crippen molar-refractivity contribution in [3.63, 3.8) is 0 Å². The summed E-state index contributed by atoms with van der Waals surface area (Å²) in [5.74, 6) is -1.06. The highest BCUT2D eigenvalue weighted by Crippen LogP contribution is 2.22. The van der Waals surface area contributed by atoms with Crippen LogP contribution >= 0.6 is 0 Å². The lowest BCUT2D eigenvalue weighted by molar-refractivity contribution is 0.0743. The number of anilines is 1. The van der Waals surface area contributed by atoms with Gasteiger partial charge in [0.25, 0.3) is 5.91 Å². The van der Waals surface area contributed by atoms with Crippen LogP contribution in [0.1, 0.15) is 17.3 Å². The number of halogens is 1. The van der Waals surface area contributed by atoms with Gasteiger partial charge in [-0.1, -0.05) is 0 Å². The third-order valence-electron chi connectivity index (χ3n) is 3.67. The number of nitrogens with zero attached hydrogens (tertiary/aromatic N) is 2. The van der Waals surface area contributed by atoms with E-state index in [0.29, 0.717) is 18.8 Å². The summed E-state index contributed by atoms with van der Waals surface area (Å²) < 4.78 is 13.9. The highest BCUT2D eigenvalue weighted by molar-refractivity contribution is 5.98. The molecule has 1 atom stereocenters. The van der Waals surface area contributed by atoms with Crippen LogP contribution in [-0.4, -0.2) is 49.6 Å². The number of carbonyl (C=O) groups excluding carboxylic acids is 2. The minimum atomic E-state index is -0.612. The molecule has 0 spiro atoms. The lowest BCUT2D eigenvalue weighted by Crippen LogP contribution is -2.40. The van der Waals surface area contributed by atoms with E-state index >= 15 is 0 Å². The van der Waals surface area contributed by atoms with Crippen molar-refractivity contribution in [2.75, 3.05) is 31.6 Å². The molecule has 0 saturated carbocycles. The topological polar surface area (TPSA) is 78.7 Å². The minimum absolute atomic E-state index is 0.0602. The first-order valence-electron chi connectivity index (χ1n) is 6.78. The second kappa shape index (κ2) is 6.09. The molecule has 6 nitrogen and oxygen atoms in total. The molecule has 1 fully saturated rings. The molecule has 0 radical (unpaired) electrons. The van der Waals surface area contributed by atoms with E-state index in [9.17, 15) is 14.0 Å². The molecule has 1 aromatic carbocycles. The van der Waals surface area contributed by atoms with Gasteiger partial charge in [-0.05, 0) is 25.1 Å². The van der Waals surface area contributed by atoms with Crippen LogP contribution in [0.4, 0.5) is 14.9 Å². The van der Waals surface area contributed by atoms with E-state index in [1.165, 1.54) is 28.0 Å². The molecule has 0 aliphatic carbocycles. The van der Waals surface area contributed by atoms with Crippen LogP contribution in [0.15, 0.2) is 18.2 Å². The van der Waals surface area contributed by atoms with Gasteiger partial charge in [0.2, 0.25) is 0 Å². The van der Waals surface area contributed by atoms with Gasteiger partial charge in [0, 0.05) is 38.4 Å². The van der Waals surface area contributed by atoms with E-state index < -0.39 is 11.7 Å². The number of benzene rings is 1. The molecule has 7 heteroatoms. The standard InChI is InChI=1S/C14H19FN4O2/c1-9(8-16)18(2)13(20)11-7-10(3-4-12(11)15)19-6-5-17-14(19)21/h3-4,7,9H,5-6,8,16H2,1-2H3,(H,17,21)/t9-/m1/s1. The summed E-state index contributed by atoms with van der Waals surface area (Å²) in [6.45, 7) is 3.10. The molecule has 0 aromatic heterocycles. The van der Waals surface area contributed by atoms with Crippen molar-refractivity contribution in [1.29, 1.82) is 0 Å². The van der Waals surface area contributed by atoms with Gasteiger partial charge in [0.1, 0.15) is 5.82 Å². The molecule has 0 bridgehead atoms. The summed E-state index contributed by atoms with van der Waals surface area (Å²) >= 11 is 0. The van der Waals surface area contributed by atoms with Crippen molar-refractivity contribution in [3.8, 4) is 0 Å². The molecule has 1 saturated heterocycles. The normalized spacial score (nSPS) is 15.8. The van der Waals surface area contributed by atoms with Gasteiger partial charge in [-0.2, -0.15) is 0 Å². The zero-order valence-electron chi connectivity index (χ0n) is 12.1. The SMILES string of the molecule is C[C@H](CN)N(C)C(=O)c1cc(N2CCNC2=O)ccc1F. The molecule has 0 unspecified atom stereocenters. The second-order valence-corrected chi connectivity index (χ2v) is 5.05. The Labute approximate surface area is 122 Å². The van der Waals surface area contributed by atoms with E-state index in [2.05, 4.69) is 5.32 Å². The van der Waals surface area contributed by atoms with Crippen LogP contribution in [0.25, 0.3) is 0 Å². The minimum Gasteiger partial charge on any atom is -0.338 e. The number of rotatable bonds is 4. The summed E-state index contributed by atoms with van der Waals surface area (Å²) in [6.07, 6.45) is 0. The Morgan fingerprint density at radius 3 is 2.86 bits per heavy atom. The average Bonchev–Trinajstić information content (AvgIpc) is 2.91. The Bertz CT molecular complexity index is 564. The lowest BCUT2D eigenvalue weighted by atomic mass is 10.1. The monoisotopic (exact) mass is 294 g/mol. The molecular weight excluding hydrogens is 275 g/mol. The Balaban J connectivity index is 2.31. The van der Waals surface area contributed by atoms with Gasteiger partial charge in [-0.25, -0.2) is 9.18 Å². The summed E-state index contributed by atoms with van der Waals surface area (Å²) in [7, 11) is 1.58. The first-order valence-corrected chi connectivity index (χ1v) is 6.78. The predicted molar refractivity (Wildman–Crippen MR) is 77.8 cm³/mol. The molecule has 1 aliphatic heterocycles. The molecule has 1 aromatic rings. The van der Waals surface area contributed by atoms with Gasteiger partial charge >= 0.3 is 6.03 Å². The van der Waals surface area contributed by atoms with Crippen molar-refractivity contribution in [1.82, 2.24) is 10.2 Å². The quantitative estimate of drug-likeness (QED) is 0.861. The highest BCUT2D eigenvalue weighted by Gasteiger charge is 2.25. The molecule has 3 amide bonds. The molecule has 1 aliphatic rings. The number of urea groups is 1. The molecular formula is C14H19FN4O2. The summed E-state index contributed by atoms with van der Waals surface area (Å²) in [5, 5.41) is 2.66. The third-order valence-corrected chi connectivity index (χ3v) is 3.67. The number of hydrogen-bond donors (Lipinski definition) is 2. The molecule has 21 heavy (non-hydrogen) atoms. The summed E-state index contributed by atoms with van der Waals surface area (Å²) in [4.78, 5) is 26.8. The Kier molecular flexibility index (Phi) is 4.42. The molecule has 3 N–H and O–H groups in total. The van der Waals surface area contributed by atoms with Crippen LogP contribution in [0, 0.1) is 5.82 Å². The zero-order valence-corrected chi connectivity index (χ0v) is 12.1. The van der Waals surface area contributed by atoms with Crippen molar-refractivity contribution in [2.45, 2.75) is 13.0 Å². The fraction of sp³-hybridized carbons (Fsp3) is 0.429. The van der Waals surface area contributed by atoms with E-state index in [1.807, 2.05) is 0 Å². The largest absolute Gasteiger partial charge is 0.338 e. The maximum Gasteiger partial charge on any atom is 0.321 e. The van der Waals surface area contributed by atoms with Crippen LogP contribution in [-0.2, 0) is 0 Å². The smallest absolute Gasteiger partial charge is 0.321 e. The van der Waals surface area contributed by atoms with Crippen molar-refractivity contribution in [3.05, 3.63) is 29.6 Å². The van der Waals surface area contributed by atoms with E-state index in [4.69, 9.17) is 5.73 Å². The first kappa shape index (κ1) is 15.2. The van der Waals surface area contributed by atoms with Crippen LogP contribution < -0.4 is 16.0 Å². The van der Waals surface area contributed by atoms with Gasteiger partial charge in [-0.3, -0.25) is 9.69 Å². The number of amides is 3. The highest BCUT2D eigenvalue weighted by atomic mass is 19.1. The van der Waals surface area contributed by atoms with Crippen molar-refractivity contribution < 1.29 is 14.0 Å². The Hall–Kier alpha value is -2.15. The van der Waals surface area contributed by atoms with Crippen molar-refractivity contribution in [2.24, 2.45) is 5.73 Å². The number of hydrogen-bond acceptors (Lipinski definition) is 3. The summed E-state index contributed by atoms with van der Waals surface area (Å²) in [5.41, 5.74) is 5.97. The van der Waals surface area contributed by atoms with Crippen LogP contribution in [0.5, 0.6) is 0 Å². The van der Waals surface area contributed by atoms with Gasteiger partial charge in [0.05, 0.1) is 5.56 Å². The fourth-order valence-corrected chi connectivity index (χ4v) is 2.11. The Morgan fingerprint density at radius 1 is 1.57 bits per heavy atom. The number of nitrogens with two attached hydrogens (primary N) is 1. The number of nitrogens with one attached hydrogen (secondary N) is 1. The van der Waals surface area contributed by atoms with Gasteiger partial charge in [-0.15, -0.1) is 0 Å². The third kappa shape index (κ3) is 2.97. The van der Waals surface area contributed by atoms with Crippen molar-refractivity contribution >= 4 is 17.6 Å². The Morgan fingerprint density at radius 2 is 2.29 bits per heavy atom. The second-order valence-electron chi connectivity index (χ2n) is 5.05. The van der Waals surface area contributed by atoms with E-state index in [-0.39, 0.29) is 24.2 Å². The lowest BCUT2D eigenvalue weighted by Gasteiger charge is -2.24. The molecule has 1 heterocycles. The number of carbonyl (C=O) groups is 2. The maximum absolute atomic E-state index is 13.9.